The monoisotopic (exact) mass is 453 g/mol. The molecule has 0 bridgehead atoms. The maximum absolute atomic E-state index is 11.5. The predicted octanol–water partition coefficient (Wildman–Crippen LogP) is 1.87. The molecule has 1 atom stereocenters. The van der Waals surface area contributed by atoms with Gasteiger partial charge in [-0.05, 0) is 37.3 Å². The molecule has 1 N–H and O–H groups in total. The number of aliphatic imine (C=N–C) groups is 1. The third kappa shape index (κ3) is 5.66. The molecule has 23 heavy (non-hydrogen) atoms. The topological polar surface area (TPSA) is 74.9 Å². The van der Waals surface area contributed by atoms with E-state index in [1.165, 1.54) is 12.8 Å². The Morgan fingerprint density at radius 3 is 2.78 bits per heavy atom. The number of furan rings is 1. The van der Waals surface area contributed by atoms with Crippen molar-refractivity contribution < 1.29 is 12.8 Å². The molecule has 0 radical (unpaired) electrons. The molecule has 3 rings (SSSR count). The maximum Gasteiger partial charge on any atom is 0.194 e. The van der Waals surface area contributed by atoms with Gasteiger partial charge in [-0.2, -0.15) is 0 Å². The minimum atomic E-state index is -2.83. The van der Waals surface area contributed by atoms with Gasteiger partial charge >= 0.3 is 0 Å². The largest absolute Gasteiger partial charge is 0.467 e. The Morgan fingerprint density at radius 1 is 1.43 bits per heavy atom. The third-order valence-corrected chi connectivity index (χ3v) is 5.91. The summed E-state index contributed by atoms with van der Waals surface area (Å²) in [5.41, 5.74) is 0. The number of halogens is 1. The van der Waals surface area contributed by atoms with Crippen LogP contribution in [0.1, 0.15) is 25.0 Å². The van der Waals surface area contributed by atoms with E-state index in [-0.39, 0.29) is 35.6 Å². The Morgan fingerprint density at radius 2 is 2.22 bits per heavy atom. The van der Waals surface area contributed by atoms with Crippen molar-refractivity contribution in [1.82, 2.24) is 10.2 Å². The fourth-order valence-corrected chi connectivity index (χ4v) is 4.48. The molecular formula is C15H24IN3O3S. The van der Waals surface area contributed by atoms with Crippen molar-refractivity contribution in [3.63, 3.8) is 0 Å². The van der Waals surface area contributed by atoms with Crippen LogP contribution in [0.4, 0.5) is 0 Å². The van der Waals surface area contributed by atoms with Crippen LogP contribution in [0.3, 0.4) is 0 Å². The lowest BCUT2D eigenvalue weighted by Crippen LogP contribution is -2.40. The Kier molecular flexibility index (Phi) is 6.35. The zero-order valence-electron chi connectivity index (χ0n) is 13.3. The Balaban J connectivity index is 0.00000192. The van der Waals surface area contributed by atoms with Crippen molar-refractivity contribution in [3.8, 4) is 0 Å². The molecule has 130 valence electrons. The number of hydrogen-bond acceptors (Lipinski definition) is 4. The highest BCUT2D eigenvalue weighted by atomic mass is 127. The number of nitrogens with zero attached hydrogens (tertiary/aromatic N) is 2. The molecular weight excluding hydrogens is 429 g/mol. The second kappa shape index (κ2) is 7.87. The van der Waals surface area contributed by atoms with Gasteiger partial charge in [-0.15, -0.1) is 24.0 Å². The van der Waals surface area contributed by atoms with Crippen molar-refractivity contribution in [2.45, 2.75) is 31.8 Å². The highest BCUT2D eigenvalue weighted by Gasteiger charge is 2.28. The first-order valence-electron chi connectivity index (χ1n) is 7.77. The standard InChI is InChI=1S/C15H23N3O3S.HI/c1-18(10-14-3-2-7-21-14)15(17-13-4-5-13)16-9-12-6-8-22(19,20)11-12;/h2-3,7,12-13H,4-6,8-11H2,1H3,(H,16,17);1H. The first kappa shape index (κ1) is 18.6. The molecule has 2 aliphatic rings. The molecule has 6 nitrogen and oxygen atoms in total. The van der Waals surface area contributed by atoms with E-state index in [0.29, 0.717) is 24.9 Å². The Hall–Kier alpha value is -0.770. The van der Waals surface area contributed by atoms with Crippen LogP contribution in [-0.2, 0) is 16.4 Å². The predicted molar refractivity (Wildman–Crippen MR) is 101 cm³/mol. The second-order valence-corrected chi connectivity index (χ2v) is 8.52. The number of nitrogens with one attached hydrogen (secondary N) is 1. The minimum absolute atomic E-state index is 0. The third-order valence-electron chi connectivity index (χ3n) is 4.07. The number of guanidine groups is 1. The molecule has 2 heterocycles. The van der Waals surface area contributed by atoms with Gasteiger partial charge in [-0.1, -0.05) is 0 Å². The summed E-state index contributed by atoms with van der Waals surface area (Å²) in [5.74, 6) is 2.45. The molecule has 1 saturated heterocycles. The van der Waals surface area contributed by atoms with E-state index in [1.54, 1.807) is 6.26 Å². The molecule has 1 aliphatic heterocycles. The van der Waals surface area contributed by atoms with Gasteiger partial charge in [0.15, 0.2) is 15.8 Å². The second-order valence-electron chi connectivity index (χ2n) is 6.29. The highest BCUT2D eigenvalue weighted by molar-refractivity contribution is 14.0. The quantitative estimate of drug-likeness (QED) is 0.419. The fraction of sp³-hybridized carbons (Fsp3) is 0.667. The van der Waals surface area contributed by atoms with Gasteiger partial charge in [0.2, 0.25) is 0 Å². The van der Waals surface area contributed by atoms with E-state index in [4.69, 9.17) is 4.42 Å². The van der Waals surface area contributed by atoms with Crippen LogP contribution in [0.25, 0.3) is 0 Å². The van der Waals surface area contributed by atoms with Gasteiger partial charge < -0.3 is 14.6 Å². The molecule has 1 aromatic heterocycles. The number of sulfone groups is 1. The SMILES string of the molecule is CN(Cc1ccco1)C(=NCC1CCS(=O)(=O)C1)NC1CC1.I. The van der Waals surface area contributed by atoms with Crippen LogP contribution >= 0.6 is 24.0 Å². The lowest BCUT2D eigenvalue weighted by Gasteiger charge is -2.22. The van der Waals surface area contributed by atoms with Crippen LogP contribution in [0.2, 0.25) is 0 Å². The fourth-order valence-electron chi connectivity index (χ4n) is 2.63. The zero-order valence-corrected chi connectivity index (χ0v) is 16.4. The first-order valence-corrected chi connectivity index (χ1v) is 9.59. The maximum atomic E-state index is 11.5. The van der Waals surface area contributed by atoms with Gasteiger partial charge in [0, 0.05) is 19.6 Å². The Labute approximate surface area is 154 Å². The van der Waals surface area contributed by atoms with E-state index >= 15 is 0 Å². The molecule has 1 saturated carbocycles. The van der Waals surface area contributed by atoms with E-state index in [1.807, 2.05) is 24.1 Å². The summed E-state index contributed by atoms with van der Waals surface area (Å²) in [6, 6.07) is 4.32. The van der Waals surface area contributed by atoms with Crippen molar-refractivity contribution in [2.75, 3.05) is 25.1 Å². The van der Waals surface area contributed by atoms with Crippen molar-refractivity contribution in [1.29, 1.82) is 0 Å². The summed E-state index contributed by atoms with van der Waals surface area (Å²) in [6.45, 7) is 1.21. The smallest absolute Gasteiger partial charge is 0.194 e. The van der Waals surface area contributed by atoms with Crippen LogP contribution in [0.15, 0.2) is 27.8 Å². The van der Waals surface area contributed by atoms with Gasteiger partial charge in [-0.3, -0.25) is 4.99 Å². The lowest BCUT2D eigenvalue weighted by molar-refractivity contribution is 0.398. The van der Waals surface area contributed by atoms with Crippen LogP contribution < -0.4 is 5.32 Å². The minimum Gasteiger partial charge on any atom is -0.467 e. The summed E-state index contributed by atoms with van der Waals surface area (Å²) >= 11 is 0. The van der Waals surface area contributed by atoms with Gasteiger partial charge in [0.25, 0.3) is 0 Å². The average molecular weight is 453 g/mol. The van der Waals surface area contributed by atoms with E-state index in [9.17, 15) is 8.42 Å². The van der Waals surface area contributed by atoms with Crippen molar-refractivity contribution >= 4 is 39.8 Å². The summed E-state index contributed by atoms with van der Waals surface area (Å²) in [4.78, 5) is 6.69. The molecule has 0 spiro atoms. The van der Waals surface area contributed by atoms with Gasteiger partial charge in [0.05, 0.1) is 24.3 Å². The summed E-state index contributed by atoms with van der Waals surface area (Å²) in [7, 11) is -0.859. The summed E-state index contributed by atoms with van der Waals surface area (Å²) < 4.78 is 28.4. The van der Waals surface area contributed by atoms with Crippen molar-refractivity contribution in [2.24, 2.45) is 10.9 Å². The molecule has 1 unspecified atom stereocenters. The van der Waals surface area contributed by atoms with Gasteiger partial charge in [0.1, 0.15) is 5.76 Å². The zero-order chi connectivity index (χ0) is 15.6. The molecule has 0 aromatic carbocycles. The van der Waals surface area contributed by atoms with Crippen LogP contribution in [0, 0.1) is 5.92 Å². The lowest BCUT2D eigenvalue weighted by atomic mass is 10.1. The number of hydrogen-bond donors (Lipinski definition) is 1. The highest BCUT2D eigenvalue weighted by Crippen LogP contribution is 2.21. The first-order chi connectivity index (χ1) is 10.5. The van der Waals surface area contributed by atoms with Gasteiger partial charge in [-0.25, -0.2) is 8.42 Å². The average Bonchev–Trinajstić information content (AvgIpc) is 3.01. The number of rotatable bonds is 5. The molecule has 1 aliphatic carbocycles. The van der Waals surface area contributed by atoms with E-state index in [2.05, 4.69) is 10.3 Å². The van der Waals surface area contributed by atoms with Crippen LogP contribution in [0.5, 0.6) is 0 Å². The molecule has 1 aromatic rings. The summed E-state index contributed by atoms with van der Waals surface area (Å²) in [5, 5.41) is 3.43. The van der Waals surface area contributed by atoms with E-state index in [0.717, 1.165) is 18.1 Å². The molecule has 8 heteroatoms. The van der Waals surface area contributed by atoms with Crippen molar-refractivity contribution in [3.05, 3.63) is 24.2 Å². The molecule has 2 fully saturated rings. The Bertz CT molecular complexity index is 626. The summed E-state index contributed by atoms with van der Waals surface area (Å²) in [6.07, 6.45) is 4.74. The van der Waals surface area contributed by atoms with E-state index < -0.39 is 9.84 Å². The van der Waals surface area contributed by atoms with Crippen LogP contribution in [-0.4, -0.2) is 50.4 Å². The molecule has 0 amide bonds. The normalized spacial score (nSPS) is 23.3.